The Kier molecular flexibility index (Phi) is 4.35. The van der Waals surface area contributed by atoms with Gasteiger partial charge in [-0.3, -0.25) is 4.79 Å². The lowest BCUT2D eigenvalue weighted by Gasteiger charge is -2.13. The van der Waals surface area contributed by atoms with E-state index < -0.39 is 11.7 Å². The number of benzene rings is 1. The van der Waals surface area contributed by atoms with Crippen molar-refractivity contribution in [3.05, 3.63) is 64.1 Å². The van der Waals surface area contributed by atoms with Crippen molar-refractivity contribution in [2.24, 2.45) is 0 Å². The number of halogens is 3. The number of hydrogen-bond donors (Lipinski definition) is 1. The molecule has 1 aromatic heterocycles. The van der Waals surface area contributed by atoms with Crippen LogP contribution in [0.2, 0.25) is 0 Å². The van der Waals surface area contributed by atoms with E-state index in [2.05, 4.69) is 5.32 Å². The van der Waals surface area contributed by atoms with Crippen molar-refractivity contribution in [1.82, 2.24) is 4.57 Å². The third-order valence-corrected chi connectivity index (χ3v) is 3.12. The van der Waals surface area contributed by atoms with E-state index >= 15 is 0 Å². The highest BCUT2D eigenvalue weighted by Crippen LogP contribution is 2.33. The predicted molar refractivity (Wildman–Crippen MR) is 75.4 cm³/mol. The van der Waals surface area contributed by atoms with Crippen molar-refractivity contribution in [2.45, 2.75) is 19.6 Å². The first-order valence-electron chi connectivity index (χ1n) is 6.45. The Morgan fingerprint density at radius 1 is 1.19 bits per heavy atom. The molecule has 0 fully saturated rings. The van der Waals surface area contributed by atoms with E-state index in [0.29, 0.717) is 18.8 Å². The topological polar surface area (TPSA) is 34.0 Å². The lowest BCUT2D eigenvalue weighted by Crippen LogP contribution is -2.22. The molecule has 1 aromatic carbocycles. The number of alkyl halides is 3. The highest BCUT2D eigenvalue weighted by molar-refractivity contribution is 5.49. The molecule has 2 aromatic rings. The van der Waals surface area contributed by atoms with E-state index in [1.165, 1.54) is 23.6 Å². The fourth-order valence-corrected chi connectivity index (χ4v) is 2.00. The first kappa shape index (κ1) is 15.2. The number of aromatic nitrogens is 1. The molecule has 0 radical (unpaired) electrons. The molecule has 6 heteroatoms. The minimum Gasteiger partial charge on any atom is -0.383 e. The number of pyridine rings is 1. The van der Waals surface area contributed by atoms with Crippen LogP contribution in [0.1, 0.15) is 11.1 Å². The summed E-state index contributed by atoms with van der Waals surface area (Å²) in [5.74, 6) is 0. The van der Waals surface area contributed by atoms with Crippen molar-refractivity contribution in [3.63, 3.8) is 0 Å². The summed E-state index contributed by atoms with van der Waals surface area (Å²) in [7, 11) is 0. The van der Waals surface area contributed by atoms with Gasteiger partial charge < -0.3 is 9.88 Å². The molecule has 1 heterocycles. The summed E-state index contributed by atoms with van der Waals surface area (Å²) in [6, 6.07) is 8.92. The summed E-state index contributed by atoms with van der Waals surface area (Å²) < 4.78 is 39.9. The maximum atomic E-state index is 12.8. The highest BCUT2D eigenvalue weighted by atomic mass is 19.4. The van der Waals surface area contributed by atoms with Crippen LogP contribution in [0.5, 0.6) is 0 Å². The van der Waals surface area contributed by atoms with Gasteiger partial charge in [-0.2, -0.15) is 13.2 Å². The monoisotopic (exact) mass is 296 g/mol. The van der Waals surface area contributed by atoms with Crippen LogP contribution in [-0.2, 0) is 12.7 Å². The number of nitrogens with one attached hydrogen (secondary N) is 1. The first-order chi connectivity index (χ1) is 9.88. The smallest absolute Gasteiger partial charge is 0.383 e. The molecule has 0 amide bonds. The molecule has 0 saturated heterocycles. The number of rotatable bonds is 4. The van der Waals surface area contributed by atoms with Crippen LogP contribution < -0.4 is 10.9 Å². The SMILES string of the molecule is Cc1ccc(NCCn2ccccc2=O)cc1C(F)(F)F. The molecule has 0 unspecified atom stereocenters. The largest absolute Gasteiger partial charge is 0.416 e. The van der Waals surface area contributed by atoms with Crippen LogP contribution in [0.3, 0.4) is 0 Å². The first-order valence-corrected chi connectivity index (χ1v) is 6.45. The van der Waals surface area contributed by atoms with Gasteiger partial charge in [0.25, 0.3) is 5.56 Å². The Hall–Kier alpha value is -2.24. The predicted octanol–water partition coefficient (Wildman–Crippen LogP) is 3.29. The zero-order chi connectivity index (χ0) is 15.5. The minimum absolute atomic E-state index is 0.140. The number of hydrogen-bond acceptors (Lipinski definition) is 2. The standard InChI is InChI=1S/C15H15F3N2O/c1-11-5-6-12(10-13(11)15(16,17)18)19-7-9-20-8-3-2-4-14(20)21/h2-6,8,10,19H,7,9H2,1H3. The summed E-state index contributed by atoms with van der Waals surface area (Å²) in [6.07, 6.45) is -2.72. The van der Waals surface area contributed by atoms with Crippen molar-refractivity contribution in [3.8, 4) is 0 Å². The Bertz CT molecular complexity index is 677. The van der Waals surface area contributed by atoms with Gasteiger partial charge in [0.2, 0.25) is 0 Å². The lowest BCUT2D eigenvalue weighted by atomic mass is 10.1. The average molecular weight is 296 g/mol. The number of aryl methyl sites for hydroxylation is 1. The molecule has 0 spiro atoms. The molecule has 0 aliphatic carbocycles. The van der Waals surface area contributed by atoms with Gasteiger partial charge >= 0.3 is 6.18 Å². The van der Waals surface area contributed by atoms with Gasteiger partial charge in [0, 0.05) is 31.0 Å². The summed E-state index contributed by atoms with van der Waals surface area (Å²) >= 11 is 0. The second kappa shape index (κ2) is 6.03. The molecule has 0 aliphatic rings. The fourth-order valence-electron chi connectivity index (χ4n) is 2.00. The fraction of sp³-hybridized carbons (Fsp3) is 0.267. The van der Waals surface area contributed by atoms with Crippen LogP contribution >= 0.6 is 0 Å². The van der Waals surface area contributed by atoms with Gasteiger partial charge in [0.1, 0.15) is 0 Å². The van der Waals surface area contributed by atoms with Gasteiger partial charge in [0.15, 0.2) is 0 Å². The molecule has 3 nitrogen and oxygen atoms in total. The van der Waals surface area contributed by atoms with E-state index in [0.717, 1.165) is 6.07 Å². The lowest BCUT2D eigenvalue weighted by molar-refractivity contribution is -0.138. The maximum Gasteiger partial charge on any atom is 0.416 e. The van der Waals surface area contributed by atoms with Crippen LogP contribution in [0.4, 0.5) is 18.9 Å². The molecule has 0 bridgehead atoms. The Morgan fingerprint density at radius 3 is 2.62 bits per heavy atom. The zero-order valence-electron chi connectivity index (χ0n) is 11.4. The van der Waals surface area contributed by atoms with Gasteiger partial charge in [-0.05, 0) is 30.7 Å². The second-order valence-electron chi connectivity index (χ2n) is 4.69. The van der Waals surface area contributed by atoms with Gasteiger partial charge in [-0.1, -0.05) is 12.1 Å². The van der Waals surface area contributed by atoms with E-state index in [4.69, 9.17) is 0 Å². The molecule has 2 rings (SSSR count). The molecular weight excluding hydrogens is 281 g/mol. The van der Waals surface area contributed by atoms with Crippen molar-refractivity contribution in [2.75, 3.05) is 11.9 Å². The summed E-state index contributed by atoms with van der Waals surface area (Å²) in [4.78, 5) is 11.5. The van der Waals surface area contributed by atoms with Crippen LogP contribution in [0.15, 0.2) is 47.4 Å². The van der Waals surface area contributed by atoms with E-state index in [-0.39, 0.29) is 11.1 Å². The Balaban J connectivity index is 2.04. The molecule has 1 N–H and O–H groups in total. The van der Waals surface area contributed by atoms with Crippen LogP contribution in [0, 0.1) is 6.92 Å². The normalized spacial score (nSPS) is 11.4. The third kappa shape index (κ3) is 3.87. The Morgan fingerprint density at radius 2 is 1.95 bits per heavy atom. The molecule has 0 atom stereocenters. The Labute approximate surface area is 120 Å². The van der Waals surface area contributed by atoms with Crippen molar-refractivity contribution >= 4 is 5.69 Å². The zero-order valence-corrected chi connectivity index (χ0v) is 11.4. The highest BCUT2D eigenvalue weighted by Gasteiger charge is 2.32. The van der Waals surface area contributed by atoms with E-state index in [1.54, 1.807) is 24.4 Å². The van der Waals surface area contributed by atoms with Crippen LogP contribution in [0.25, 0.3) is 0 Å². The number of anilines is 1. The average Bonchev–Trinajstić information content (AvgIpc) is 2.41. The van der Waals surface area contributed by atoms with Gasteiger partial charge in [0.05, 0.1) is 5.56 Å². The van der Waals surface area contributed by atoms with E-state index in [1.807, 2.05) is 0 Å². The minimum atomic E-state index is -4.36. The number of nitrogens with zero attached hydrogens (tertiary/aromatic N) is 1. The second-order valence-corrected chi connectivity index (χ2v) is 4.69. The molecule has 0 aliphatic heterocycles. The molecule has 21 heavy (non-hydrogen) atoms. The summed E-state index contributed by atoms with van der Waals surface area (Å²) in [5, 5.41) is 2.90. The van der Waals surface area contributed by atoms with E-state index in [9.17, 15) is 18.0 Å². The van der Waals surface area contributed by atoms with Gasteiger partial charge in [-0.15, -0.1) is 0 Å². The summed E-state index contributed by atoms with van der Waals surface area (Å²) in [6.45, 7) is 2.18. The molecule has 112 valence electrons. The quantitative estimate of drug-likeness (QED) is 0.939. The van der Waals surface area contributed by atoms with Gasteiger partial charge in [-0.25, -0.2) is 0 Å². The summed E-state index contributed by atoms with van der Waals surface area (Å²) in [5.41, 5.74) is -0.215. The third-order valence-electron chi connectivity index (χ3n) is 3.12. The molecule has 0 saturated carbocycles. The van der Waals surface area contributed by atoms with Crippen LogP contribution in [-0.4, -0.2) is 11.1 Å². The maximum absolute atomic E-state index is 12.8. The molecular formula is C15H15F3N2O. The van der Waals surface area contributed by atoms with Crippen molar-refractivity contribution in [1.29, 1.82) is 0 Å². The van der Waals surface area contributed by atoms with Crippen molar-refractivity contribution < 1.29 is 13.2 Å².